The fourth-order valence-corrected chi connectivity index (χ4v) is 3.05. The quantitative estimate of drug-likeness (QED) is 0.246. The maximum atomic E-state index is 12.2. The molecule has 0 spiro atoms. The highest BCUT2D eigenvalue weighted by atomic mass is 16.6. The van der Waals surface area contributed by atoms with E-state index >= 15 is 0 Å². The Kier molecular flexibility index (Phi) is 6.33. The van der Waals surface area contributed by atoms with Gasteiger partial charge in [0.05, 0.1) is 5.56 Å². The third kappa shape index (κ3) is 5.04. The molecule has 3 rings (SSSR count). The number of hydrogen-bond acceptors (Lipinski definition) is 6. The lowest BCUT2D eigenvalue weighted by Gasteiger charge is -2.18. The van der Waals surface area contributed by atoms with Gasteiger partial charge in [-0.2, -0.15) is 0 Å². The van der Waals surface area contributed by atoms with Gasteiger partial charge in [0, 0.05) is 24.2 Å². The molecule has 0 aliphatic carbocycles. The zero-order valence-corrected chi connectivity index (χ0v) is 16.0. The minimum atomic E-state index is -0.491. The maximum Gasteiger partial charge on any atom is 0.338 e. The Morgan fingerprint density at radius 2 is 1.62 bits per heavy atom. The van der Waals surface area contributed by atoms with Crippen molar-refractivity contribution in [3.63, 3.8) is 0 Å². The summed E-state index contributed by atoms with van der Waals surface area (Å²) in [6.07, 6.45) is 2.21. The second-order valence-corrected chi connectivity index (χ2v) is 6.70. The molecule has 2 aromatic carbocycles. The fourth-order valence-electron chi connectivity index (χ4n) is 3.05. The van der Waals surface area contributed by atoms with Crippen LogP contribution in [-0.2, 0) is 4.74 Å². The van der Waals surface area contributed by atoms with Gasteiger partial charge in [0.1, 0.15) is 24.9 Å². The molecule has 0 aromatic heterocycles. The number of aromatic hydroxyl groups is 1. The van der Waals surface area contributed by atoms with Gasteiger partial charge >= 0.3 is 5.97 Å². The van der Waals surface area contributed by atoms with Crippen LogP contribution in [-0.4, -0.2) is 54.0 Å². The molecule has 0 atom stereocenters. The Labute approximate surface area is 168 Å². The number of carbonyl (C=O) groups excluding carboxylic acids is 1. The summed E-state index contributed by atoms with van der Waals surface area (Å²) < 4.78 is 10.6. The molecule has 8 heteroatoms. The van der Waals surface area contributed by atoms with Crippen molar-refractivity contribution in [2.45, 2.75) is 12.8 Å². The summed E-state index contributed by atoms with van der Waals surface area (Å²) in [4.78, 5) is 14.2. The van der Waals surface area contributed by atoms with E-state index in [0.29, 0.717) is 17.0 Å². The number of nitrogens with zero attached hydrogens (tertiary/aromatic N) is 1. The number of likely N-dealkylation sites (tertiary alicyclic amines) is 1. The molecule has 0 unspecified atom stereocenters. The number of nitrogens with one attached hydrogen (secondary N) is 2. The molecule has 1 aliphatic heterocycles. The Balaban J connectivity index is 1.49. The summed E-state index contributed by atoms with van der Waals surface area (Å²) in [5, 5.41) is 25.4. The molecule has 2 aromatic rings. The zero-order valence-electron chi connectivity index (χ0n) is 16.0. The van der Waals surface area contributed by atoms with Crippen LogP contribution in [0.2, 0.25) is 0 Å². The van der Waals surface area contributed by atoms with Gasteiger partial charge in [0.2, 0.25) is 0 Å². The summed E-state index contributed by atoms with van der Waals surface area (Å²) in [6.45, 7) is 1.83. The van der Waals surface area contributed by atoms with Gasteiger partial charge in [-0.1, -0.05) is 12.1 Å². The van der Waals surface area contributed by atoms with Crippen molar-refractivity contribution >= 4 is 17.6 Å². The monoisotopic (exact) mass is 396 g/mol. The van der Waals surface area contributed by atoms with E-state index in [1.807, 2.05) is 4.90 Å². The summed E-state index contributed by atoms with van der Waals surface area (Å²) in [5.74, 6) is -0.0728. The number of esters is 1. The number of rotatable bonds is 7. The van der Waals surface area contributed by atoms with Crippen LogP contribution in [0.5, 0.6) is 11.5 Å². The largest absolute Gasteiger partial charge is 0.504 e. The van der Waals surface area contributed by atoms with Crippen LogP contribution in [0.4, 0.5) is 0 Å². The van der Waals surface area contributed by atoms with E-state index < -0.39 is 5.97 Å². The topological polar surface area (TPSA) is 133 Å². The van der Waals surface area contributed by atoms with Gasteiger partial charge in [-0.05, 0) is 43.2 Å². The van der Waals surface area contributed by atoms with E-state index in [1.54, 1.807) is 24.3 Å². The smallest absolute Gasteiger partial charge is 0.338 e. The van der Waals surface area contributed by atoms with Crippen molar-refractivity contribution in [2.24, 2.45) is 5.73 Å². The minimum Gasteiger partial charge on any atom is -0.504 e. The molecule has 8 nitrogen and oxygen atoms in total. The van der Waals surface area contributed by atoms with Crippen LogP contribution < -0.4 is 10.5 Å². The SMILES string of the molecule is N=C(N)c1ccc(O)c(OCCOC(=O)c2ccc(C(=N)N3CCCC3)cc2)c1. The van der Waals surface area contributed by atoms with Gasteiger partial charge in [-0.15, -0.1) is 0 Å². The standard InChI is InChI=1S/C21H24N4O4/c22-19(23)16-7-8-17(26)18(13-16)28-11-12-29-21(27)15-5-3-14(4-6-15)20(24)25-9-1-2-10-25/h3-8,13,24,26H,1-2,9-12H2,(H3,22,23). The summed E-state index contributed by atoms with van der Waals surface area (Å²) in [5.41, 5.74) is 7.01. The molecule has 0 bridgehead atoms. The normalized spacial score (nSPS) is 13.2. The van der Waals surface area contributed by atoms with Gasteiger partial charge in [-0.25, -0.2) is 4.79 Å². The lowest BCUT2D eigenvalue weighted by Crippen LogP contribution is -2.27. The molecular formula is C21H24N4O4. The van der Waals surface area contributed by atoms with E-state index in [0.717, 1.165) is 31.5 Å². The van der Waals surface area contributed by atoms with Crippen molar-refractivity contribution in [3.05, 3.63) is 59.2 Å². The molecule has 0 amide bonds. The highest BCUT2D eigenvalue weighted by Crippen LogP contribution is 2.26. The summed E-state index contributed by atoms with van der Waals surface area (Å²) >= 11 is 0. The average Bonchev–Trinajstić information content (AvgIpc) is 3.26. The third-order valence-electron chi connectivity index (χ3n) is 4.66. The Bertz CT molecular complexity index is 905. The average molecular weight is 396 g/mol. The van der Waals surface area contributed by atoms with Crippen molar-refractivity contribution in [3.8, 4) is 11.5 Å². The predicted molar refractivity (Wildman–Crippen MR) is 109 cm³/mol. The van der Waals surface area contributed by atoms with Crippen LogP contribution in [0.25, 0.3) is 0 Å². The molecule has 0 saturated carbocycles. The van der Waals surface area contributed by atoms with E-state index in [9.17, 15) is 9.90 Å². The van der Waals surface area contributed by atoms with Crippen LogP contribution in [0.3, 0.4) is 0 Å². The van der Waals surface area contributed by atoms with Crippen molar-refractivity contribution < 1.29 is 19.4 Å². The van der Waals surface area contributed by atoms with Crippen molar-refractivity contribution in [2.75, 3.05) is 26.3 Å². The number of benzene rings is 2. The first-order valence-electron chi connectivity index (χ1n) is 9.37. The number of nitrogens with two attached hydrogens (primary N) is 1. The van der Waals surface area contributed by atoms with E-state index in [1.165, 1.54) is 18.2 Å². The van der Waals surface area contributed by atoms with Crippen LogP contribution in [0, 0.1) is 10.8 Å². The molecule has 0 radical (unpaired) electrons. The first kappa shape index (κ1) is 20.2. The number of hydrogen-bond donors (Lipinski definition) is 4. The zero-order chi connectivity index (χ0) is 20.8. The van der Waals surface area contributed by atoms with Crippen molar-refractivity contribution in [1.29, 1.82) is 10.8 Å². The highest BCUT2D eigenvalue weighted by molar-refractivity contribution is 5.98. The summed E-state index contributed by atoms with van der Waals surface area (Å²) in [6, 6.07) is 11.1. The second-order valence-electron chi connectivity index (χ2n) is 6.70. The fraction of sp³-hybridized carbons (Fsp3) is 0.286. The number of phenolic OH excluding ortho intramolecular Hbond substituents is 1. The van der Waals surface area contributed by atoms with Crippen LogP contribution >= 0.6 is 0 Å². The number of nitrogen functional groups attached to an aromatic ring is 1. The lowest BCUT2D eigenvalue weighted by molar-refractivity contribution is 0.0449. The number of ether oxygens (including phenoxy) is 2. The third-order valence-corrected chi connectivity index (χ3v) is 4.66. The molecule has 1 saturated heterocycles. The lowest BCUT2D eigenvalue weighted by atomic mass is 10.1. The molecule has 5 N–H and O–H groups in total. The predicted octanol–water partition coefficient (Wildman–Crippen LogP) is 2.33. The highest BCUT2D eigenvalue weighted by Gasteiger charge is 2.17. The number of amidine groups is 2. The van der Waals surface area contributed by atoms with Gasteiger partial charge in [0.15, 0.2) is 11.5 Å². The van der Waals surface area contributed by atoms with Gasteiger partial charge in [0.25, 0.3) is 0 Å². The van der Waals surface area contributed by atoms with E-state index in [2.05, 4.69) is 0 Å². The molecule has 29 heavy (non-hydrogen) atoms. The van der Waals surface area contributed by atoms with Crippen LogP contribution in [0.15, 0.2) is 42.5 Å². The Morgan fingerprint density at radius 3 is 2.28 bits per heavy atom. The second kappa shape index (κ2) is 9.09. The molecular weight excluding hydrogens is 372 g/mol. The molecule has 1 aliphatic rings. The number of carbonyl (C=O) groups is 1. The van der Waals surface area contributed by atoms with Crippen molar-refractivity contribution in [1.82, 2.24) is 4.90 Å². The molecule has 1 heterocycles. The maximum absolute atomic E-state index is 12.2. The molecule has 152 valence electrons. The first-order chi connectivity index (χ1) is 14.0. The van der Waals surface area contributed by atoms with E-state index in [4.69, 9.17) is 26.0 Å². The number of phenols is 1. The van der Waals surface area contributed by atoms with Crippen LogP contribution in [0.1, 0.15) is 34.3 Å². The molecule has 1 fully saturated rings. The minimum absolute atomic E-state index is 0.00603. The van der Waals surface area contributed by atoms with E-state index in [-0.39, 0.29) is 30.5 Å². The Hall–Kier alpha value is -3.55. The Morgan fingerprint density at radius 1 is 1.00 bits per heavy atom. The first-order valence-corrected chi connectivity index (χ1v) is 9.37. The van der Waals surface area contributed by atoms with Gasteiger partial charge < -0.3 is 25.2 Å². The van der Waals surface area contributed by atoms with Gasteiger partial charge in [-0.3, -0.25) is 10.8 Å². The summed E-state index contributed by atoms with van der Waals surface area (Å²) in [7, 11) is 0.